The number of nitrogens with zero attached hydrogens (tertiary/aromatic N) is 4. The van der Waals surface area contributed by atoms with Crippen LogP contribution in [0.5, 0.6) is 11.6 Å². The summed E-state index contributed by atoms with van der Waals surface area (Å²) in [5.74, 6) is 1.46. The molecular weight excluding hydrogens is 406 g/mol. The van der Waals surface area contributed by atoms with Gasteiger partial charge >= 0.3 is 0 Å². The second kappa shape index (κ2) is 8.66. The first-order valence-corrected chi connectivity index (χ1v) is 10.4. The highest BCUT2D eigenvalue weighted by atomic mass is 32.1. The summed E-state index contributed by atoms with van der Waals surface area (Å²) in [7, 11) is 0. The number of hydrogen-bond acceptors (Lipinski definition) is 7. The van der Waals surface area contributed by atoms with Crippen LogP contribution in [0.15, 0.2) is 59.4 Å². The van der Waals surface area contributed by atoms with E-state index in [-0.39, 0.29) is 0 Å². The van der Waals surface area contributed by atoms with Crippen LogP contribution in [0, 0.1) is 36.5 Å². The second-order valence-electron chi connectivity index (χ2n) is 6.89. The number of thiophene rings is 1. The molecule has 6 nitrogen and oxygen atoms in total. The summed E-state index contributed by atoms with van der Waals surface area (Å²) < 4.78 is 6.27. The van der Waals surface area contributed by atoms with Gasteiger partial charge < -0.3 is 10.1 Å². The maximum absolute atomic E-state index is 9.21. The maximum Gasteiger partial charge on any atom is 0.232 e. The average molecular weight is 424 g/mol. The van der Waals surface area contributed by atoms with Gasteiger partial charge in [-0.15, -0.1) is 0 Å². The van der Waals surface area contributed by atoms with Crippen LogP contribution in [-0.2, 0) is 0 Å². The first-order valence-electron chi connectivity index (χ1n) is 9.43. The number of aryl methyl sites for hydroxylation is 2. The third-order valence-electron chi connectivity index (χ3n) is 4.64. The molecule has 2 aromatic carbocycles. The Bertz CT molecular complexity index is 1290. The van der Waals surface area contributed by atoms with Crippen molar-refractivity contribution in [2.45, 2.75) is 13.8 Å². The van der Waals surface area contributed by atoms with E-state index in [0.29, 0.717) is 28.7 Å². The molecule has 2 heterocycles. The van der Waals surface area contributed by atoms with Crippen LogP contribution < -0.4 is 10.1 Å². The Morgan fingerprint density at radius 3 is 2.29 bits per heavy atom. The molecule has 0 amide bonds. The van der Waals surface area contributed by atoms with Crippen molar-refractivity contribution in [3.05, 3.63) is 81.7 Å². The topological polar surface area (TPSA) is 94.6 Å². The van der Waals surface area contributed by atoms with Crippen molar-refractivity contribution < 1.29 is 4.74 Å². The molecule has 0 atom stereocenters. The molecule has 0 bridgehead atoms. The molecule has 150 valence electrons. The van der Waals surface area contributed by atoms with E-state index in [0.717, 1.165) is 27.9 Å². The Morgan fingerprint density at radius 2 is 1.68 bits per heavy atom. The van der Waals surface area contributed by atoms with Crippen molar-refractivity contribution in [3.63, 3.8) is 0 Å². The molecule has 1 N–H and O–H groups in total. The van der Waals surface area contributed by atoms with Crippen LogP contribution in [0.2, 0.25) is 0 Å². The minimum absolute atomic E-state index is 0.377. The van der Waals surface area contributed by atoms with Gasteiger partial charge in [0.1, 0.15) is 5.75 Å². The fourth-order valence-corrected chi connectivity index (χ4v) is 3.81. The molecule has 0 unspecified atom stereocenters. The van der Waals surface area contributed by atoms with E-state index in [1.807, 2.05) is 30.7 Å². The van der Waals surface area contributed by atoms with Crippen molar-refractivity contribution in [1.29, 1.82) is 10.5 Å². The van der Waals surface area contributed by atoms with Crippen molar-refractivity contribution in [1.82, 2.24) is 9.97 Å². The Labute approximate surface area is 184 Å². The number of ether oxygens (including phenoxy) is 1. The third kappa shape index (κ3) is 4.37. The first-order chi connectivity index (χ1) is 15.1. The largest absolute Gasteiger partial charge is 0.438 e. The van der Waals surface area contributed by atoms with E-state index < -0.39 is 0 Å². The van der Waals surface area contributed by atoms with Gasteiger partial charge in [0.05, 0.1) is 28.8 Å². The van der Waals surface area contributed by atoms with Crippen LogP contribution in [0.25, 0.3) is 11.1 Å². The van der Waals surface area contributed by atoms with Crippen molar-refractivity contribution in [2.24, 2.45) is 0 Å². The highest BCUT2D eigenvalue weighted by Gasteiger charge is 2.16. The predicted octanol–water partition coefficient (Wildman–Crippen LogP) is 6.10. The number of nitriles is 2. The SMILES string of the molecule is Cc1cc(C#N)cc(C)c1Oc1nc(Nc2ccc(C#N)cc2)ncc1-c1ccsc1. The summed E-state index contributed by atoms with van der Waals surface area (Å²) in [6.45, 7) is 3.81. The molecule has 4 rings (SSSR count). The van der Waals surface area contributed by atoms with Gasteiger partial charge in [0.25, 0.3) is 0 Å². The van der Waals surface area contributed by atoms with Crippen molar-refractivity contribution >= 4 is 23.0 Å². The highest BCUT2D eigenvalue weighted by molar-refractivity contribution is 7.08. The van der Waals surface area contributed by atoms with Gasteiger partial charge in [0.15, 0.2) is 0 Å². The molecule has 4 aromatic rings. The van der Waals surface area contributed by atoms with Gasteiger partial charge in [0.2, 0.25) is 11.8 Å². The molecule has 0 saturated heterocycles. The van der Waals surface area contributed by atoms with E-state index in [1.165, 1.54) is 0 Å². The van der Waals surface area contributed by atoms with Crippen molar-refractivity contribution in [2.75, 3.05) is 5.32 Å². The number of rotatable bonds is 5. The van der Waals surface area contributed by atoms with Gasteiger partial charge in [-0.3, -0.25) is 0 Å². The lowest BCUT2D eigenvalue weighted by atomic mass is 10.1. The van der Waals surface area contributed by atoms with Gasteiger partial charge in [-0.25, -0.2) is 4.98 Å². The number of benzene rings is 2. The van der Waals surface area contributed by atoms with E-state index in [4.69, 9.17) is 10.00 Å². The first kappa shape index (κ1) is 20.1. The maximum atomic E-state index is 9.21. The zero-order valence-electron chi connectivity index (χ0n) is 16.9. The molecule has 31 heavy (non-hydrogen) atoms. The van der Waals surface area contributed by atoms with E-state index in [2.05, 4.69) is 27.4 Å². The van der Waals surface area contributed by atoms with Crippen LogP contribution in [0.1, 0.15) is 22.3 Å². The lowest BCUT2D eigenvalue weighted by Crippen LogP contribution is -2.02. The molecule has 0 spiro atoms. The Morgan fingerprint density at radius 1 is 0.968 bits per heavy atom. The lowest BCUT2D eigenvalue weighted by molar-refractivity contribution is 0.457. The molecule has 2 aromatic heterocycles. The summed E-state index contributed by atoms with van der Waals surface area (Å²) >= 11 is 1.58. The monoisotopic (exact) mass is 423 g/mol. The molecule has 7 heteroatoms. The minimum atomic E-state index is 0.377. The van der Waals surface area contributed by atoms with E-state index >= 15 is 0 Å². The molecule has 0 radical (unpaired) electrons. The fraction of sp³-hybridized carbons (Fsp3) is 0.0833. The molecule has 0 aliphatic carbocycles. The van der Waals surface area contributed by atoms with Gasteiger partial charge in [-0.05, 0) is 83.8 Å². The zero-order valence-corrected chi connectivity index (χ0v) is 17.7. The summed E-state index contributed by atoms with van der Waals surface area (Å²) in [5.41, 5.74) is 5.38. The number of hydrogen-bond donors (Lipinski definition) is 1. The lowest BCUT2D eigenvalue weighted by Gasteiger charge is -2.15. The Hall–Kier alpha value is -4.20. The highest BCUT2D eigenvalue weighted by Crippen LogP contribution is 2.36. The fourth-order valence-electron chi connectivity index (χ4n) is 3.15. The average Bonchev–Trinajstić information content (AvgIpc) is 3.31. The Kier molecular flexibility index (Phi) is 5.61. The molecule has 0 fully saturated rings. The molecule has 0 aliphatic rings. The standard InChI is InChI=1S/C24H17N5OS/c1-15-9-18(12-26)10-16(2)22(15)30-23-21(19-7-8-31-14-19)13-27-24(29-23)28-20-5-3-17(11-25)4-6-20/h3-10,13-14H,1-2H3,(H,27,28,29). The van der Waals surface area contributed by atoms with E-state index in [9.17, 15) is 5.26 Å². The number of nitrogens with one attached hydrogen (secondary N) is 1. The van der Waals surface area contributed by atoms with Crippen LogP contribution >= 0.6 is 11.3 Å². The van der Waals surface area contributed by atoms with Crippen molar-refractivity contribution in [3.8, 4) is 34.9 Å². The Balaban J connectivity index is 1.73. The summed E-state index contributed by atoms with van der Waals surface area (Å²) in [4.78, 5) is 9.06. The normalized spacial score (nSPS) is 10.2. The number of anilines is 2. The van der Waals surface area contributed by atoms with Crippen LogP contribution in [0.4, 0.5) is 11.6 Å². The van der Waals surface area contributed by atoms with Crippen LogP contribution in [0.3, 0.4) is 0 Å². The van der Waals surface area contributed by atoms with Crippen LogP contribution in [-0.4, -0.2) is 9.97 Å². The predicted molar refractivity (Wildman–Crippen MR) is 120 cm³/mol. The van der Waals surface area contributed by atoms with Gasteiger partial charge in [-0.2, -0.15) is 26.8 Å². The zero-order chi connectivity index (χ0) is 21.8. The summed E-state index contributed by atoms with van der Waals surface area (Å²) in [6, 6.07) is 16.9. The molecule has 0 aliphatic heterocycles. The molecule has 0 saturated carbocycles. The quantitative estimate of drug-likeness (QED) is 0.417. The van der Waals surface area contributed by atoms with E-state index in [1.54, 1.807) is 53.9 Å². The minimum Gasteiger partial charge on any atom is -0.438 e. The second-order valence-corrected chi connectivity index (χ2v) is 7.67. The summed E-state index contributed by atoms with van der Waals surface area (Å²) in [6.07, 6.45) is 1.73. The molecular formula is C24H17N5OS. The number of aromatic nitrogens is 2. The third-order valence-corrected chi connectivity index (χ3v) is 5.33. The summed E-state index contributed by atoms with van der Waals surface area (Å²) in [5, 5.41) is 25.3. The van der Waals surface area contributed by atoms with Gasteiger partial charge in [0, 0.05) is 11.9 Å². The smallest absolute Gasteiger partial charge is 0.232 e. The van der Waals surface area contributed by atoms with Gasteiger partial charge in [-0.1, -0.05) is 0 Å².